The van der Waals surface area contributed by atoms with Gasteiger partial charge in [0.25, 0.3) is 5.91 Å². The second kappa shape index (κ2) is 7.75. The molecule has 0 aromatic carbocycles. The minimum Gasteiger partial charge on any atom is -0.350 e. The normalized spacial score (nSPS) is 16.6. The fraction of sp³-hybridized carbons (Fsp3) is 0.500. The van der Waals surface area contributed by atoms with Gasteiger partial charge in [0.1, 0.15) is 10.7 Å². The van der Waals surface area contributed by atoms with Crippen molar-refractivity contribution in [2.75, 3.05) is 26.2 Å². The Bertz CT molecular complexity index is 664. The summed E-state index contributed by atoms with van der Waals surface area (Å²) in [7, 11) is 0. The Hall–Kier alpha value is -0.950. The summed E-state index contributed by atoms with van der Waals surface area (Å²) in [6.07, 6.45) is 2.60. The predicted octanol–water partition coefficient (Wildman–Crippen LogP) is 3.99. The fourth-order valence-corrected chi connectivity index (χ4v) is 4.66. The van der Waals surface area contributed by atoms with Gasteiger partial charge in [-0.05, 0) is 44.0 Å². The molecule has 4 nitrogen and oxygen atoms in total. The van der Waals surface area contributed by atoms with Crippen molar-refractivity contribution in [1.82, 2.24) is 15.2 Å². The SMILES string of the molecule is CC(CNC(=O)c1csc(-c2ccc(Cl)s2)n1)CN1CCCC1. The van der Waals surface area contributed by atoms with Gasteiger partial charge in [0.15, 0.2) is 0 Å². The maximum absolute atomic E-state index is 12.2. The average molecular weight is 370 g/mol. The molecule has 3 heterocycles. The Labute approximate surface area is 149 Å². The Morgan fingerprint density at radius 2 is 2.22 bits per heavy atom. The van der Waals surface area contributed by atoms with E-state index in [-0.39, 0.29) is 5.91 Å². The van der Waals surface area contributed by atoms with Crippen molar-refractivity contribution in [3.05, 3.63) is 27.5 Å². The van der Waals surface area contributed by atoms with Crippen LogP contribution >= 0.6 is 34.3 Å². The van der Waals surface area contributed by atoms with Crippen LogP contribution in [0.2, 0.25) is 4.34 Å². The molecule has 0 saturated carbocycles. The standard InChI is InChI=1S/C16H20ClN3OS2/c1-11(9-20-6-2-3-7-20)8-18-15(21)12-10-22-16(19-12)13-4-5-14(17)23-13/h4-5,10-11H,2-3,6-9H2,1H3,(H,18,21). The number of hydrogen-bond donors (Lipinski definition) is 1. The molecule has 7 heteroatoms. The van der Waals surface area contributed by atoms with Crippen molar-refractivity contribution < 1.29 is 4.79 Å². The van der Waals surface area contributed by atoms with Crippen LogP contribution in [-0.4, -0.2) is 42.0 Å². The van der Waals surface area contributed by atoms with E-state index in [1.165, 1.54) is 48.6 Å². The summed E-state index contributed by atoms with van der Waals surface area (Å²) in [5.74, 6) is 0.356. The number of amides is 1. The number of thiazole rings is 1. The van der Waals surface area contributed by atoms with Gasteiger partial charge in [-0.3, -0.25) is 4.79 Å². The van der Waals surface area contributed by atoms with Gasteiger partial charge in [-0.2, -0.15) is 0 Å². The van der Waals surface area contributed by atoms with Crippen molar-refractivity contribution in [1.29, 1.82) is 0 Å². The third-order valence-corrected chi connectivity index (χ3v) is 6.14. The molecule has 1 saturated heterocycles. The van der Waals surface area contributed by atoms with E-state index in [1.807, 2.05) is 17.5 Å². The third kappa shape index (κ3) is 4.53. The summed E-state index contributed by atoms with van der Waals surface area (Å²) < 4.78 is 0.733. The number of halogens is 1. The number of nitrogens with one attached hydrogen (secondary N) is 1. The van der Waals surface area contributed by atoms with Crippen molar-refractivity contribution in [2.24, 2.45) is 5.92 Å². The van der Waals surface area contributed by atoms with Crippen molar-refractivity contribution in [3.8, 4) is 9.88 Å². The molecular weight excluding hydrogens is 350 g/mol. The van der Waals surface area contributed by atoms with Crippen LogP contribution in [0.4, 0.5) is 0 Å². The maximum Gasteiger partial charge on any atom is 0.270 e. The Balaban J connectivity index is 1.51. The molecule has 0 aliphatic carbocycles. The van der Waals surface area contributed by atoms with Crippen LogP contribution in [0, 0.1) is 5.92 Å². The Morgan fingerprint density at radius 1 is 1.43 bits per heavy atom. The monoisotopic (exact) mass is 369 g/mol. The van der Waals surface area contributed by atoms with E-state index in [0.29, 0.717) is 18.2 Å². The molecule has 1 amide bonds. The minimum atomic E-state index is -0.0941. The van der Waals surface area contributed by atoms with Crippen LogP contribution in [0.25, 0.3) is 9.88 Å². The number of rotatable bonds is 6. The molecule has 1 aliphatic heterocycles. The highest BCUT2D eigenvalue weighted by molar-refractivity contribution is 7.23. The second-order valence-corrected chi connectivity index (χ2v) is 8.54. The van der Waals surface area contributed by atoms with Gasteiger partial charge in [0, 0.05) is 18.5 Å². The van der Waals surface area contributed by atoms with Gasteiger partial charge in [-0.15, -0.1) is 22.7 Å². The number of likely N-dealkylation sites (tertiary alicyclic amines) is 1. The number of carbonyl (C=O) groups is 1. The van der Waals surface area contributed by atoms with Crippen LogP contribution in [0.15, 0.2) is 17.5 Å². The van der Waals surface area contributed by atoms with Crippen LogP contribution in [-0.2, 0) is 0 Å². The third-order valence-electron chi connectivity index (χ3n) is 3.90. The quantitative estimate of drug-likeness (QED) is 0.837. The summed E-state index contributed by atoms with van der Waals surface area (Å²) in [4.78, 5) is 20.1. The minimum absolute atomic E-state index is 0.0941. The van der Waals surface area contributed by atoms with Crippen LogP contribution in [0.5, 0.6) is 0 Å². The first kappa shape index (κ1) is 16.9. The number of aromatic nitrogens is 1. The van der Waals surface area contributed by atoms with Crippen LogP contribution in [0.3, 0.4) is 0 Å². The maximum atomic E-state index is 12.2. The molecule has 2 aromatic rings. The van der Waals surface area contributed by atoms with Crippen molar-refractivity contribution in [2.45, 2.75) is 19.8 Å². The summed E-state index contributed by atoms with van der Waals surface area (Å²) in [6, 6.07) is 3.79. The summed E-state index contributed by atoms with van der Waals surface area (Å²) in [5.41, 5.74) is 0.489. The fourth-order valence-electron chi connectivity index (χ4n) is 2.75. The number of hydrogen-bond acceptors (Lipinski definition) is 5. The lowest BCUT2D eigenvalue weighted by Crippen LogP contribution is -2.34. The zero-order valence-corrected chi connectivity index (χ0v) is 15.4. The first-order valence-electron chi connectivity index (χ1n) is 7.83. The Kier molecular flexibility index (Phi) is 5.69. The predicted molar refractivity (Wildman–Crippen MR) is 97.6 cm³/mol. The van der Waals surface area contributed by atoms with Crippen LogP contribution < -0.4 is 5.32 Å². The van der Waals surface area contributed by atoms with E-state index in [9.17, 15) is 4.79 Å². The molecule has 23 heavy (non-hydrogen) atoms. The zero-order valence-electron chi connectivity index (χ0n) is 13.0. The van der Waals surface area contributed by atoms with Gasteiger partial charge >= 0.3 is 0 Å². The first-order valence-corrected chi connectivity index (χ1v) is 9.91. The molecular formula is C16H20ClN3OS2. The highest BCUT2D eigenvalue weighted by Crippen LogP contribution is 2.32. The molecule has 1 fully saturated rings. The lowest BCUT2D eigenvalue weighted by Gasteiger charge is -2.20. The Morgan fingerprint density at radius 3 is 2.91 bits per heavy atom. The molecule has 1 atom stereocenters. The molecule has 124 valence electrons. The summed E-state index contributed by atoms with van der Waals surface area (Å²) in [5, 5.41) is 5.65. The van der Waals surface area contributed by atoms with Gasteiger partial charge in [0.05, 0.1) is 9.21 Å². The van der Waals surface area contributed by atoms with E-state index in [1.54, 1.807) is 0 Å². The highest BCUT2D eigenvalue weighted by Gasteiger charge is 2.17. The largest absolute Gasteiger partial charge is 0.350 e. The van der Waals surface area contributed by atoms with Gasteiger partial charge in [-0.25, -0.2) is 4.98 Å². The molecule has 0 radical (unpaired) electrons. The molecule has 1 N–H and O–H groups in total. The molecule has 2 aromatic heterocycles. The first-order chi connectivity index (χ1) is 11.1. The van der Waals surface area contributed by atoms with Crippen molar-refractivity contribution >= 4 is 40.2 Å². The summed E-state index contributed by atoms with van der Waals surface area (Å²) >= 11 is 8.90. The van der Waals surface area contributed by atoms with Crippen LogP contribution in [0.1, 0.15) is 30.3 Å². The lowest BCUT2D eigenvalue weighted by atomic mass is 10.1. The van der Waals surface area contributed by atoms with E-state index < -0.39 is 0 Å². The summed E-state index contributed by atoms with van der Waals surface area (Å²) in [6.45, 7) is 6.30. The zero-order chi connectivity index (χ0) is 16.2. The van der Waals surface area contributed by atoms with E-state index in [4.69, 9.17) is 11.6 Å². The van der Waals surface area contributed by atoms with Gasteiger partial charge in [0.2, 0.25) is 0 Å². The average Bonchev–Trinajstić information content (AvgIpc) is 3.25. The van der Waals surface area contributed by atoms with Crippen molar-refractivity contribution in [3.63, 3.8) is 0 Å². The molecule has 1 unspecified atom stereocenters. The lowest BCUT2D eigenvalue weighted by molar-refractivity contribution is 0.0941. The number of thiophene rings is 1. The van der Waals surface area contributed by atoms with E-state index in [2.05, 4.69) is 22.1 Å². The van der Waals surface area contributed by atoms with E-state index in [0.717, 1.165) is 20.8 Å². The molecule has 1 aliphatic rings. The number of nitrogens with zero attached hydrogens (tertiary/aromatic N) is 2. The van der Waals surface area contributed by atoms with E-state index >= 15 is 0 Å². The molecule has 0 bridgehead atoms. The molecule has 3 rings (SSSR count). The molecule has 0 spiro atoms. The second-order valence-electron chi connectivity index (χ2n) is 5.96. The smallest absolute Gasteiger partial charge is 0.270 e. The van der Waals surface area contributed by atoms with Gasteiger partial charge in [-0.1, -0.05) is 18.5 Å². The van der Waals surface area contributed by atoms with Gasteiger partial charge < -0.3 is 10.2 Å². The number of carbonyl (C=O) groups excluding carboxylic acids is 1. The topological polar surface area (TPSA) is 45.2 Å². The highest BCUT2D eigenvalue weighted by atomic mass is 35.5.